The molecule has 0 spiro atoms. The molecule has 0 atom stereocenters. The molecule has 96 valence electrons. The number of benzene rings is 1. The fourth-order valence-electron chi connectivity index (χ4n) is 2.10. The Labute approximate surface area is 108 Å². The van der Waals surface area contributed by atoms with Crippen LogP contribution < -0.4 is 10.5 Å². The normalized spacial score (nSPS) is 10.8. The second-order valence-electron chi connectivity index (χ2n) is 4.45. The third kappa shape index (κ3) is 2.13. The first-order valence-electron chi connectivity index (χ1n) is 6.49. The Morgan fingerprint density at radius 1 is 1.28 bits per heavy atom. The molecule has 1 aromatic heterocycles. The number of hydrogen-bond acceptors (Lipinski definition) is 3. The summed E-state index contributed by atoms with van der Waals surface area (Å²) < 4.78 is 5.74. The Hall–Kier alpha value is -1.77. The van der Waals surface area contributed by atoms with Crippen LogP contribution in [0.3, 0.4) is 0 Å². The molecule has 0 unspecified atom stereocenters. The lowest BCUT2D eigenvalue weighted by Gasteiger charge is -2.13. The van der Waals surface area contributed by atoms with Crippen molar-refractivity contribution in [3.63, 3.8) is 0 Å². The Kier molecular flexibility index (Phi) is 3.70. The molecular weight excluding hydrogens is 224 g/mol. The van der Waals surface area contributed by atoms with Crippen LogP contribution in [0.5, 0.6) is 5.75 Å². The van der Waals surface area contributed by atoms with Gasteiger partial charge < -0.3 is 10.5 Å². The second-order valence-corrected chi connectivity index (χ2v) is 4.45. The van der Waals surface area contributed by atoms with Gasteiger partial charge in [0.25, 0.3) is 0 Å². The summed E-state index contributed by atoms with van der Waals surface area (Å²) in [5.74, 6) is 0.829. The van der Waals surface area contributed by atoms with E-state index in [2.05, 4.69) is 13.8 Å². The van der Waals surface area contributed by atoms with Gasteiger partial charge in [0.1, 0.15) is 11.3 Å². The molecule has 3 heteroatoms. The van der Waals surface area contributed by atoms with Crippen LogP contribution in [0, 0.1) is 6.92 Å². The van der Waals surface area contributed by atoms with Crippen molar-refractivity contribution in [2.45, 2.75) is 33.6 Å². The van der Waals surface area contributed by atoms with Gasteiger partial charge in [0.2, 0.25) is 0 Å². The summed E-state index contributed by atoms with van der Waals surface area (Å²) in [7, 11) is 0. The van der Waals surface area contributed by atoms with E-state index >= 15 is 0 Å². The topological polar surface area (TPSA) is 48.1 Å². The predicted molar refractivity (Wildman–Crippen MR) is 76.1 cm³/mol. The molecule has 0 amide bonds. The Balaban J connectivity index is 2.64. The van der Waals surface area contributed by atoms with Gasteiger partial charge in [-0.15, -0.1) is 0 Å². The van der Waals surface area contributed by atoms with E-state index in [0.29, 0.717) is 6.61 Å². The van der Waals surface area contributed by atoms with Crippen LogP contribution in [0.25, 0.3) is 10.9 Å². The minimum absolute atomic E-state index is 0.704. The number of pyridine rings is 1. The summed E-state index contributed by atoms with van der Waals surface area (Å²) >= 11 is 0. The molecule has 0 aliphatic carbocycles. The van der Waals surface area contributed by atoms with Crippen molar-refractivity contribution in [1.29, 1.82) is 0 Å². The van der Waals surface area contributed by atoms with Crippen molar-refractivity contribution >= 4 is 16.6 Å². The molecule has 1 heterocycles. The molecule has 0 saturated heterocycles. The van der Waals surface area contributed by atoms with Crippen LogP contribution in [0.1, 0.15) is 31.5 Å². The van der Waals surface area contributed by atoms with Crippen molar-refractivity contribution in [1.82, 2.24) is 4.98 Å². The zero-order valence-electron chi connectivity index (χ0n) is 11.3. The van der Waals surface area contributed by atoms with E-state index in [-0.39, 0.29) is 0 Å². The average molecular weight is 244 g/mol. The second kappa shape index (κ2) is 5.25. The monoisotopic (exact) mass is 244 g/mol. The summed E-state index contributed by atoms with van der Waals surface area (Å²) in [5.41, 5.74) is 10.0. The van der Waals surface area contributed by atoms with Crippen molar-refractivity contribution < 1.29 is 4.74 Å². The third-order valence-electron chi connectivity index (χ3n) is 3.17. The summed E-state index contributed by atoms with van der Waals surface area (Å²) in [6.07, 6.45) is 1.87. The number of fused-ring (bicyclic) bond motifs is 1. The minimum Gasteiger partial charge on any atom is -0.491 e. The number of nitrogens with zero attached hydrogens (tertiary/aromatic N) is 1. The van der Waals surface area contributed by atoms with E-state index in [1.807, 2.05) is 25.1 Å². The summed E-state index contributed by atoms with van der Waals surface area (Å²) in [5, 5.41) is 0.985. The van der Waals surface area contributed by atoms with E-state index < -0.39 is 0 Å². The molecule has 2 N–H and O–H groups in total. The number of para-hydroxylation sites is 1. The van der Waals surface area contributed by atoms with E-state index in [1.165, 1.54) is 0 Å². The highest BCUT2D eigenvalue weighted by Gasteiger charge is 2.11. The molecule has 18 heavy (non-hydrogen) atoms. The number of ether oxygens (including phenoxy) is 1. The number of anilines is 1. The number of aromatic nitrogens is 1. The highest BCUT2D eigenvalue weighted by atomic mass is 16.5. The highest BCUT2D eigenvalue weighted by molar-refractivity contribution is 5.95. The fourth-order valence-corrected chi connectivity index (χ4v) is 2.10. The maximum absolute atomic E-state index is 6.20. The van der Waals surface area contributed by atoms with Crippen LogP contribution in [0.4, 0.5) is 5.69 Å². The van der Waals surface area contributed by atoms with Crippen molar-refractivity contribution in [2.24, 2.45) is 0 Å². The molecule has 0 fully saturated rings. The first-order valence-corrected chi connectivity index (χ1v) is 6.49. The van der Waals surface area contributed by atoms with Gasteiger partial charge in [-0.3, -0.25) is 0 Å². The van der Waals surface area contributed by atoms with Crippen LogP contribution in [0.15, 0.2) is 18.2 Å². The van der Waals surface area contributed by atoms with Crippen molar-refractivity contribution in [3.8, 4) is 5.75 Å². The van der Waals surface area contributed by atoms with Crippen LogP contribution >= 0.6 is 0 Å². The van der Waals surface area contributed by atoms with Gasteiger partial charge in [-0.1, -0.05) is 26.0 Å². The van der Waals surface area contributed by atoms with Crippen molar-refractivity contribution in [2.75, 3.05) is 12.3 Å². The number of aryl methyl sites for hydroxylation is 1. The van der Waals surface area contributed by atoms with Gasteiger partial charge in [0, 0.05) is 16.8 Å². The molecule has 2 rings (SSSR count). The summed E-state index contributed by atoms with van der Waals surface area (Å²) in [4.78, 5) is 4.70. The highest BCUT2D eigenvalue weighted by Crippen LogP contribution is 2.31. The lowest BCUT2D eigenvalue weighted by Crippen LogP contribution is -2.02. The largest absolute Gasteiger partial charge is 0.491 e. The van der Waals surface area contributed by atoms with Crippen LogP contribution in [-0.2, 0) is 6.42 Å². The number of hydrogen-bond donors (Lipinski definition) is 1. The number of rotatable bonds is 4. The number of nitrogen functional groups attached to an aromatic ring is 1. The molecule has 2 aromatic rings. The fraction of sp³-hybridized carbons (Fsp3) is 0.400. The van der Waals surface area contributed by atoms with Crippen molar-refractivity contribution in [3.05, 3.63) is 29.5 Å². The first-order chi connectivity index (χ1) is 8.69. The quantitative estimate of drug-likeness (QED) is 0.895. The first kappa shape index (κ1) is 12.7. The Morgan fingerprint density at radius 3 is 2.72 bits per heavy atom. The lowest BCUT2D eigenvalue weighted by molar-refractivity contribution is 0.320. The summed E-state index contributed by atoms with van der Waals surface area (Å²) in [6.45, 7) is 6.92. The Morgan fingerprint density at radius 2 is 2.06 bits per heavy atom. The van der Waals surface area contributed by atoms with E-state index in [0.717, 1.165) is 46.4 Å². The zero-order valence-corrected chi connectivity index (χ0v) is 11.3. The van der Waals surface area contributed by atoms with Gasteiger partial charge in [-0.2, -0.15) is 0 Å². The van der Waals surface area contributed by atoms with Gasteiger partial charge in [0.15, 0.2) is 0 Å². The third-order valence-corrected chi connectivity index (χ3v) is 3.17. The summed E-state index contributed by atoms with van der Waals surface area (Å²) in [6, 6.07) is 5.93. The lowest BCUT2D eigenvalue weighted by atomic mass is 10.1. The number of nitrogens with two attached hydrogens (primary N) is 1. The van der Waals surface area contributed by atoms with Gasteiger partial charge in [-0.25, -0.2) is 4.98 Å². The average Bonchev–Trinajstić information content (AvgIpc) is 2.40. The molecule has 3 nitrogen and oxygen atoms in total. The van der Waals surface area contributed by atoms with Crippen LogP contribution in [0.2, 0.25) is 0 Å². The molecule has 0 aliphatic heterocycles. The molecule has 0 radical (unpaired) electrons. The molecular formula is C15H20N2O. The minimum atomic E-state index is 0.704. The molecule has 1 aromatic carbocycles. The standard InChI is InChI=1S/C15H20N2O/c1-4-9-18-13-8-6-7-11-14(16)10(3)12(5-2)17-15(11)13/h6-8H,4-5,9H2,1-3H3,(H2,16,17). The smallest absolute Gasteiger partial charge is 0.145 e. The van der Waals surface area contributed by atoms with E-state index in [9.17, 15) is 0 Å². The molecule has 0 saturated carbocycles. The van der Waals surface area contributed by atoms with Gasteiger partial charge in [0.05, 0.1) is 6.61 Å². The zero-order chi connectivity index (χ0) is 13.1. The van der Waals surface area contributed by atoms with E-state index in [1.54, 1.807) is 0 Å². The van der Waals surface area contributed by atoms with Gasteiger partial charge in [-0.05, 0) is 31.4 Å². The SMILES string of the molecule is CCCOc1cccc2c(N)c(C)c(CC)nc12. The maximum atomic E-state index is 6.20. The maximum Gasteiger partial charge on any atom is 0.145 e. The molecule has 0 bridgehead atoms. The van der Waals surface area contributed by atoms with Gasteiger partial charge >= 0.3 is 0 Å². The van der Waals surface area contributed by atoms with E-state index in [4.69, 9.17) is 15.5 Å². The Bertz CT molecular complexity index is 564. The molecule has 0 aliphatic rings. The van der Waals surface area contributed by atoms with Crippen LogP contribution in [-0.4, -0.2) is 11.6 Å². The predicted octanol–water partition coefficient (Wildman–Crippen LogP) is 3.48.